The first kappa shape index (κ1) is 9.21. The Balaban J connectivity index is 2.85. The van der Waals surface area contributed by atoms with Crippen molar-refractivity contribution in [3.05, 3.63) is 17.5 Å². The zero-order valence-corrected chi connectivity index (χ0v) is 7.72. The van der Waals surface area contributed by atoms with E-state index in [1.54, 1.807) is 0 Å². The van der Waals surface area contributed by atoms with E-state index in [9.17, 15) is 8.42 Å². The molecule has 1 aromatic rings. The zero-order chi connectivity index (χ0) is 9.19. The maximum absolute atomic E-state index is 10.7. The molecule has 0 aliphatic heterocycles. The molecule has 5 nitrogen and oxygen atoms in total. The highest BCUT2D eigenvalue weighted by atomic mass is 35.5. The van der Waals surface area contributed by atoms with Crippen LogP contribution in [-0.2, 0) is 10.0 Å². The van der Waals surface area contributed by atoms with Crippen molar-refractivity contribution in [1.82, 2.24) is 9.97 Å². The zero-order valence-electron chi connectivity index (χ0n) is 6.15. The van der Waals surface area contributed by atoms with Crippen LogP contribution in [0.15, 0.2) is 12.4 Å². The smallest absolute Gasteiger partial charge is 0.231 e. The SMILES string of the molecule is CS(=O)(=O)Nc1cnc(Cl)cn1. The number of hydrogen-bond donors (Lipinski definition) is 1. The van der Waals surface area contributed by atoms with Gasteiger partial charge in [-0.1, -0.05) is 11.6 Å². The topological polar surface area (TPSA) is 72.0 Å². The van der Waals surface area contributed by atoms with Gasteiger partial charge in [0.05, 0.1) is 18.6 Å². The number of aromatic nitrogens is 2. The highest BCUT2D eigenvalue weighted by Gasteiger charge is 2.02. The van der Waals surface area contributed by atoms with Gasteiger partial charge >= 0.3 is 0 Å². The number of sulfonamides is 1. The highest BCUT2D eigenvalue weighted by Crippen LogP contribution is 2.05. The minimum Gasteiger partial charge on any atom is -0.266 e. The van der Waals surface area contributed by atoms with Crippen LogP contribution in [0.2, 0.25) is 5.15 Å². The van der Waals surface area contributed by atoms with Crippen LogP contribution in [-0.4, -0.2) is 24.6 Å². The van der Waals surface area contributed by atoms with Crippen LogP contribution in [0.25, 0.3) is 0 Å². The number of hydrogen-bond acceptors (Lipinski definition) is 4. The Labute approximate surface area is 74.8 Å². The predicted molar refractivity (Wildman–Crippen MR) is 45.5 cm³/mol. The summed E-state index contributed by atoms with van der Waals surface area (Å²) in [5.74, 6) is 0.155. The molecule has 0 saturated carbocycles. The third kappa shape index (κ3) is 3.02. The Morgan fingerprint density at radius 3 is 2.50 bits per heavy atom. The molecule has 0 aromatic carbocycles. The third-order valence-corrected chi connectivity index (χ3v) is 1.69. The Kier molecular flexibility index (Phi) is 2.49. The molecule has 7 heteroatoms. The van der Waals surface area contributed by atoms with E-state index in [-0.39, 0.29) is 11.0 Å². The average molecular weight is 208 g/mol. The molecule has 0 aliphatic rings. The molecule has 0 unspecified atom stereocenters. The van der Waals surface area contributed by atoms with Crippen LogP contribution >= 0.6 is 11.6 Å². The summed E-state index contributed by atoms with van der Waals surface area (Å²) in [5.41, 5.74) is 0. The minimum absolute atomic E-state index is 0.155. The van der Waals surface area contributed by atoms with E-state index in [0.29, 0.717) is 0 Å². The largest absolute Gasteiger partial charge is 0.266 e. The van der Waals surface area contributed by atoms with Gasteiger partial charge in [0.25, 0.3) is 0 Å². The van der Waals surface area contributed by atoms with Crippen molar-refractivity contribution in [2.45, 2.75) is 0 Å². The van der Waals surface area contributed by atoms with Crippen molar-refractivity contribution in [3.8, 4) is 0 Å². The van der Waals surface area contributed by atoms with Gasteiger partial charge < -0.3 is 0 Å². The standard InChI is InChI=1S/C5H6ClN3O2S/c1-12(10,11)9-5-3-7-4(6)2-8-5/h2-3H,1H3,(H,8,9). The Morgan fingerprint density at radius 2 is 2.08 bits per heavy atom. The lowest BCUT2D eigenvalue weighted by Crippen LogP contribution is -2.10. The first-order valence-electron chi connectivity index (χ1n) is 2.93. The van der Waals surface area contributed by atoms with Gasteiger partial charge in [0, 0.05) is 0 Å². The van der Waals surface area contributed by atoms with E-state index in [0.717, 1.165) is 6.26 Å². The fourth-order valence-electron chi connectivity index (χ4n) is 0.555. The van der Waals surface area contributed by atoms with Crippen molar-refractivity contribution in [3.63, 3.8) is 0 Å². The number of anilines is 1. The van der Waals surface area contributed by atoms with Gasteiger partial charge in [-0.15, -0.1) is 0 Å². The average Bonchev–Trinajstić information content (AvgIpc) is 1.91. The molecule has 1 heterocycles. The molecule has 0 fully saturated rings. The van der Waals surface area contributed by atoms with Crippen LogP contribution < -0.4 is 4.72 Å². The lowest BCUT2D eigenvalue weighted by molar-refractivity contribution is 0.606. The van der Waals surface area contributed by atoms with Crippen LogP contribution in [0.5, 0.6) is 0 Å². The summed E-state index contributed by atoms with van der Waals surface area (Å²) in [6.07, 6.45) is 3.53. The van der Waals surface area contributed by atoms with E-state index in [4.69, 9.17) is 11.6 Å². The molecule has 0 radical (unpaired) electrons. The molecule has 0 amide bonds. The van der Waals surface area contributed by atoms with Crippen molar-refractivity contribution in [2.24, 2.45) is 0 Å². The van der Waals surface area contributed by atoms with Gasteiger partial charge in [0.1, 0.15) is 5.15 Å². The van der Waals surface area contributed by atoms with Gasteiger partial charge in [-0.2, -0.15) is 0 Å². The molecule has 12 heavy (non-hydrogen) atoms. The summed E-state index contributed by atoms with van der Waals surface area (Å²) < 4.78 is 23.5. The van der Waals surface area contributed by atoms with Gasteiger partial charge in [-0.25, -0.2) is 18.4 Å². The van der Waals surface area contributed by atoms with E-state index in [1.807, 2.05) is 0 Å². The van der Waals surface area contributed by atoms with E-state index < -0.39 is 10.0 Å². The lowest BCUT2D eigenvalue weighted by Gasteiger charge is -2.00. The van der Waals surface area contributed by atoms with Crippen LogP contribution in [0.1, 0.15) is 0 Å². The molecule has 0 saturated heterocycles. The van der Waals surface area contributed by atoms with Crippen molar-refractivity contribution in [1.29, 1.82) is 0 Å². The van der Waals surface area contributed by atoms with Crippen molar-refractivity contribution < 1.29 is 8.42 Å². The summed E-state index contributed by atoms with van der Waals surface area (Å²) in [5, 5.41) is 0.217. The predicted octanol–water partition coefficient (Wildman–Crippen LogP) is 0.501. The maximum atomic E-state index is 10.7. The van der Waals surface area contributed by atoms with E-state index in [2.05, 4.69) is 14.7 Å². The summed E-state index contributed by atoms with van der Waals surface area (Å²) in [4.78, 5) is 7.32. The van der Waals surface area contributed by atoms with Gasteiger partial charge in [-0.3, -0.25) is 4.72 Å². The van der Waals surface area contributed by atoms with Crippen molar-refractivity contribution in [2.75, 3.05) is 11.0 Å². The number of nitrogens with zero attached hydrogens (tertiary/aromatic N) is 2. The molecule has 1 aromatic heterocycles. The van der Waals surface area contributed by atoms with Crippen LogP contribution in [0.3, 0.4) is 0 Å². The van der Waals surface area contributed by atoms with E-state index >= 15 is 0 Å². The van der Waals surface area contributed by atoms with Crippen LogP contribution in [0.4, 0.5) is 5.82 Å². The second-order valence-corrected chi connectivity index (χ2v) is 4.23. The summed E-state index contributed by atoms with van der Waals surface area (Å²) in [6, 6.07) is 0. The van der Waals surface area contributed by atoms with Crippen molar-refractivity contribution >= 4 is 27.4 Å². The highest BCUT2D eigenvalue weighted by molar-refractivity contribution is 7.92. The van der Waals surface area contributed by atoms with Gasteiger partial charge in [-0.05, 0) is 0 Å². The monoisotopic (exact) mass is 207 g/mol. The molecule has 1 N–H and O–H groups in total. The molecule has 0 bridgehead atoms. The molecule has 0 spiro atoms. The Bertz CT molecular complexity index is 361. The Morgan fingerprint density at radius 1 is 1.42 bits per heavy atom. The molecular formula is C5H6ClN3O2S. The first-order chi connectivity index (χ1) is 5.47. The Hall–Kier alpha value is -0.880. The molecule has 66 valence electrons. The number of nitrogens with one attached hydrogen (secondary N) is 1. The fourth-order valence-corrected chi connectivity index (χ4v) is 1.14. The quantitative estimate of drug-likeness (QED) is 0.767. The summed E-state index contributed by atoms with van der Waals surface area (Å²) in [7, 11) is -3.29. The lowest BCUT2D eigenvalue weighted by atomic mass is 10.7. The molecule has 0 atom stereocenters. The summed E-state index contributed by atoms with van der Waals surface area (Å²) >= 11 is 5.43. The normalized spacial score (nSPS) is 11.2. The van der Waals surface area contributed by atoms with Crippen LogP contribution in [0, 0.1) is 0 Å². The minimum atomic E-state index is -3.29. The molecule has 1 rings (SSSR count). The third-order valence-electron chi connectivity index (χ3n) is 0.910. The molecular weight excluding hydrogens is 202 g/mol. The number of rotatable bonds is 2. The summed E-state index contributed by atoms with van der Waals surface area (Å²) in [6.45, 7) is 0. The first-order valence-corrected chi connectivity index (χ1v) is 5.20. The second kappa shape index (κ2) is 3.24. The number of halogens is 1. The van der Waals surface area contributed by atoms with Gasteiger partial charge in [0.2, 0.25) is 10.0 Å². The fraction of sp³-hybridized carbons (Fsp3) is 0.200. The maximum Gasteiger partial charge on any atom is 0.231 e. The van der Waals surface area contributed by atoms with Gasteiger partial charge in [0.15, 0.2) is 5.82 Å². The van der Waals surface area contributed by atoms with E-state index in [1.165, 1.54) is 12.4 Å². The molecule has 0 aliphatic carbocycles. The second-order valence-electron chi connectivity index (χ2n) is 2.10.